The molecular weight excluding hydrogens is 346 g/mol. The molecule has 0 saturated carbocycles. The Labute approximate surface area is 146 Å². The minimum Gasteiger partial charge on any atom is -0.295 e. The van der Waals surface area contributed by atoms with Crippen LogP contribution in [0.25, 0.3) is 0 Å². The van der Waals surface area contributed by atoms with Gasteiger partial charge in [0.15, 0.2) is 0 Å². The molecule has 4 nitrogen and oxygen atoms in total. The number of benzene rings is 2. The van der Waals surface area contributed by atoms with Crippen molar-refractivity contribution in [2.75, 3.05) is 19.6 Å². The van der Waals surface area contributed by atoms with Crippen LogP contribution in [0.4, 0.5) is 8.78 Å². The highest BCUT2D eigenvalue weighted by atomic mass is 32.2. The molecule has 1 aliphatic rings. The second kappa shape index (κ2) is 7.59. The highest BCUT2D eigenvalue weighted by Gasteiger charge is 2.26. The number of nitrogens with zero attached hydrogens (tertiary/aromatic N) is 1. The lowest BCUT2D eigenvalue weighted by Crippen LogP contribution is -2.36. The summed E-state index contributed by atoms with van der Waals surface area (Å²) in [5.74, 6) is -1.83. The molecule has 134 valence electrons. The van der Waals surface area contributed by atoms with Gasteiger partial charge in [0.2, 0.25) is 10.0 Å². The van der Waals surface area contributed by atoms with Crippen molar-refractivity contribution >= 4 is 10.0 Å². The second-order valence-corrected chi connectivity index (χ2v) is 7.89. The molecule has 3 rings (SSSR count). The van der Waals surface area contributed by atoms with E-state index >= 15 is 0 Å². The van der Waals surface area contributed by atoms with Crippen molar-refractivity contribution in [2.45, 2.75) is 23.8 Å². The average molecular weight is 366 g/mol. The Morgan fingerprint density at radius 3 is 2.20 bits per heavy atom. The van der Waals surface area contributed by atoms with E-state index < -0.39 is 26.6 Å². The van der Waals surface area contributed by atoms with Gasteiger partial charge < -0.3 is 0 Å². The third-order valence-electron chi connectivity index (χ3n) is 4.38. The van der Waals surface area contributed by atoms with Crippen molar-refractivity contribution < 1.29 is 17.2 Å². The van der Waals surface area contributed by atoms with E-state index in [-0.39, 0.29) is 12.6 Å². The number of halogens is 2. The highest BCUT2D eigenvalue weighted by molar-refractivity contribution is 7.89. The average Bonchev–Trinajstić information content (AvgIpc) is 3.09. The molecule has 25 heavy (non-hydrogen) atoms. The molecule has 1 fully saturated rings. The lowest BCUT2D eigenvalue weighted by molar-refractivity contribution is 0.246. The van der Waals surface area contributed by atoms with Gasteiger partial charge in [-0.2, -0.15) is 0 Å². The van der Waals surface area contributed by atoms with Crippen LogP contribution in [0.3, 0.4) is 0 Å². The number of hydrogen-bond donors (Lipinski definition) is 1. The third-order valence-corrected chi connectivity index (χ3v) is 5.78. The van der Waals surface area contributed by atoms with Crippen LogP contribution in [-0.4, -0.2) is 33.0 Å². The van der Waals surface area contributed by atoms with Crippen LogP contribution < -0.4 is 4.72 Å². The van der Waals surface area contributed by atoms with Crippen LogP contribution in [0, 0.1) is 11.6 Å². The summed E-state index contributed by atoms with van der Waals surface area (Å²) in [4.78, 5) is 1.82. The normalized spacial score (nSPS) is 16.9. The second-order valence-electron chi connectivity index (χ2n) is 6.13. The summed E-state index contributed by atoms with van der Waals surface area (Å²) in [6.07, 6.45) is 2.15. The first-order valence-corrected chi connectivity index (χ1v) is 9.69. The number of nitrogens with one attached hydrogen (secondary N) is 1. The van der Waals surface area contributed by atoms with Crippen LogP contribution >= 0.6 is 0 Å². The molecule has 7 heteroatoms. The summed E-state index contributed by atoms with van der Waals surface area (Å²) in [5.41, 5.74) is 1.01. The summed E-state index contributed by atoms with van der Waals surface area (Å²) < 4.78 is 54.0. The molecule has 2 aromatic carbocycles. The van der Waals surface area contributed by atoms with E-state index in [2.05, 4.69) is 9.62 Å². The zero-order valence-electron chi connectivity index (χ0n) is 13.7. The van der Waals surface area contributed by atoms with Crippen molar-refractivity contribution in [3.05, 3.63) is 65.7 Å². The maximum absolute atomic E-state index is 13.3. The van der Waals surface area contributed by atoms with Gasteiger partial charge in [0.25, 0.3) is 0 Å². The first-order valence-electron chi connectivity index (χ1n) is 8.20. The maximum atomic E-state index is 13.3. The highest BCUT2D eigenvalue weighted by Crippen LogP contribution is 2.25. The third kappa shape index (κ3) is 4.42. The van der Waals surface area contributed by atoms with Gasteiger partial charge in [0.05, 0.1) is 4.90 Å². The predicted molar refractivity (Wildman–Crippen MR) is 91.5 cm³/mol. The molecular formula is C18H20F2N2O2S. The van der Waals surface area contributed by atoms with Crippen LogP contribution in [-0.2, 0) is 10.0 Å². The number of likely N-dealkylation sites (tertiary alicyclic amines) is 1. The Kier molecular flexibility index (Phi) is 5.46. The van der Waals surface area contributed by atoms with E-state index in [9.17, 15) is 17.2 Å². The minimum atomic E-state index is -3.99. The minimum absolute atomic E-state index is 0.114. The first-order chi connectivity index (χ1) is 12.0. The fraction of sp³-hybridized carbons (Fsp3) is 0.333. The largest absolute Gasteiger partial charge is 0.295 e. The zero-order chi connectivity index (χ0) is 17.9. The zero-order valence-corrected chi connectivity index (χ0v) is 14.5. The Morgan fingerprint density at radius 2 is 1.60 bits per heavy atom. The van der Waals surface area contributed by atoms with E-state index in [1.165, 1.54) is 0 Å². The standard InChI is InChI=1S/C18H20F2N2O2S/c19-15-10-16(20)12-17(11-15)25(23,24)21-13-18(22-8-4-5-9-22)14-6-2-1-3-7-14/h1-3,6-7,10-12,18,21H,4-5,8-9,13H2/t18-/m0/s1. The molecule has 0 aliphatic carbocycles. The van der Waals surface area contributed by atoms with Gasteiger partial charge >= 0.3 is 0 Å². The van der Waals surface area contributed by atoms with E-state index in [0.29, 0.717) is 6.07 Å². The van der Waals surface area contributed by atoms with Crippen molar-refractivity contribution in [2.24, 2.45) is 0 Å². The molecule has 0 amide bonds. The summed E-state index contributed by atoms with van der Waals surface area (Å²) in [5, 5.41) is 0. The van der Waals surface area contributed by atoms with Crippen LogP contribution in [0.15, 0.2) is 53.4 Å². The fourth-order valence-corrected chi connectivity index (χ4v) is 4.22. The molecule has 1 atom stereocenters. The van der Waals surface area contributed by atoms with E-state index in [1.54, 1.807) is 0 Å². The topological polar surface area (TPSA) is 49.4 Å². The molecule has 0 spiro atoms. The maximum Gasteiger partial charge on any atom is 0.240 e. The molecule has 0 aromatic heterocycles. The molecule has 1 saturated heterocycles. The number of rotatable bonds is 6. The number of sulfonamides is 1. The molecule has 1 heterocycles. The molecule has 0 unspecified atom stereocenters. The molecule has 1 N–H and O–H groups in total. The molecule has 1 aliphatic heterocycles. The fourth-order valence-electron chi connectivity index (χ4n) is 3.14. The van der Waals surface area contributed by atoms with Crippen LogP contribution in [0.5, 0.6) is 0 Å². The SMILES string of the molecule is O=S(=O)(NC[C@@H](c1ccccc1)N1CCCC1)c1cc(F)cc(F)c1. The monoisotopic (exact) mass is 366 g/mol. The van der Waals surface area contributed by atoms with Gasteiger partial charge in [0, 0.05) is 18.7 Å². The number of hydrogen-bond acceptors (Lipinski definition) is 3. The Balaban J connectivity index is 1.80. The Morgan fingerprint density at radius 1 is 1.00 bits per heavy atom. The van der Waals surface area contributed by atoms with Gasteiger partial charge in [-0.15, -0.1) is 0 Å². The van der Waals surface area contributed by atoms with E-state index in [0.717, 1.165) is 43.6 Å². The van der Waals surface area contributed by atoms with Crippen molar-refractivity contribution in [1.82, 2.24) is 9.62 Å². The summed E-state index contributed by atoms with van der Waals surface area (Å²) in [6.45, 7) is 1.94. The van der Waals surface area contributed by atoms with Gasteiger partial charge in [-0.3, -0.25) is 4.90 Å². The van der Waals surface area contributed by atoms with Crippen LogP contribution in [0.2, 0.25) is 0 Å². The van der Waals surface area contributed by atoms with Gasteiger partial charge in [-0.05, 0) is 43.6 Å². The van der Waals surface area contributed by atoms with Crippen LogP contribution in [0.1, 0.15) is 24.4 Å². The molecule has 0 radical (unpaired) electrons. The van der Waals surface area contributed by atoms with Gasteiger partial charge in [-0.25, -0.2) is 21.9 Å². The Hall–Kier alpha value is -1.83. The van der Waals surface area contributed by atoms with Crippen molar-refractivity contribution in [3.63, 3.8) is 0 Å². The first kappa shape index (κ1) is 18.0. The lowest BCUT2D eigenvalue weighted by atomic mass is 10.1. The van der Waals surface area contributed by atoms with Gasteiger partial charge in [-0.1, -0.05) is 30.3 Å². The summed E-state index contributed by atoms with van der Waals surface area (Å²) in [7, 11) is -3.99. The van der Waals surface area contributed by atoms with Crippen molar-refractivity contribution in [3.8, 4) is 0 Å². The van der Waals surface area contributed by atoms with Gasteiger partial charge in [0.1, 0.15) is 11.6 Å². The Bertz CT molecular complexity index is 802. The smallest absolute Gasteiger partial charge is 0.240 e. The molecule has 0 bridgehead atoms. The van der Waals surface area contributed by atoms with Crippen molar-refractivity contribution in [1.29, 1.82) is 0 Å². The summed E-state index contributed by atoms with van der Waals surface area (Å²) >= 11 is 0. The lowest BCUT2D eigenvalue weighted by Gasteiger charge is -2.28. The van der Waals surface area contributed by atoms with E-state index in [1.807, 2.05) is 30.3 Å². The predicted octanol–water partition coefficient (Wildman–Crippen LogP) is 3.08. The molecule has 2 aromatic rings. The quantitative estimate of drug-likeness (QED) is 0.855. The van der Waals surface area contributed by atoms with E-state index in [4.69, 9.17) is 0 Å². The summed E-state index contributed by atoms with van der Waals surface area (Å²) in [6, 6.07) is 11.8.